The summed E-state index contributed by atoms with van der Waals surface area (Å²) in [6.45, 7) is 5.66. The third kappa shape index (κ3) is 4.14. The summed E-state index contributed by atoms with van der Waals surface area (Å²) in [7, 11) is 1.41. The first kappa shape index (κ1) is 21.4. The van der Waals surface area contributed by atoms with Crippen LogP contribution in [0, 0.1) is 0 Å². The van der Waals surface area contributed by atoms with E-state index in [1.165, 1.54) is 36.0 Å². The van der Waals surface area contributed by atoms with E-state index in [1.54, 1.807) is 26.0 Å². The Balaban J connectivity index is 2.42. The lowest BCUT2D eigenvalue weighted by Gasteiger charge is -2.35. The molecule has 1 heterocycles. The van der Waals surface area contributed by atoms with E-state index >= 15 is 0 Å². The maximum Gasteiger partial charge on any atom is 0.344 e. The number of aliphatic carboxylic acids is 1. The quantitative estimate of drug-likeness (QED) is 0.420. The van der Waals surface area contributed by atoms with Crippen LogP contribution in [-0.4, -0.2) is 64.1 Å². The number of carbonyl (C=O) groups excluding carboxylic acids is 2. The molecule has 0 bridgehead atoms. The fraction of sp³-hybridized carbons (Fsp3) is 0.368. The Morgan fingerprint density at radius 2 is 1.75 bits per heavy atom. The summed E-state index contributed by atoms with van der Waals surface area (Å²) in [5, 5.41) is 9.18. The molecule has 0 unspecified atom stereocenters. The van der Waals surface area contributed by atoms with Gasteiger partial charge < -0.3 is 14.6 Å². The zero-order valence-corrected chi connectivity index (χ0v) is 16.9. The Bertz CT molecular complexity index is 823. The van der Waals surface area contributed by atoms with Gasteiger partial charge in [0.2, 0.25) is 0 Å². The molecule has 1 aliphatic rings. The van der Waals surface area contributed by atoms with E-state index < -0.39 is 23.9 Å². The zero-order valence-electron chi connectivity index (χ0n) is 16.1. The summed E-state index contributed by atoms with van der Waals surface area (Å²) in [4.78, 5) is 39.1. The number of ether oxygens (including phenoxy) is 2. The summed E-state index contributed by atoms with van der Waals surface area (Å²) < 4.78 is 10.6. The second-order valence-electron chi connectivity index (χ2n) is 5.95. The number of methoxy groups -OCH3 is 1. The van der Waals surface area contributed by atoms with E-state index in [0.717, 1.165) is 0 Å². The molecule has 0 radical (unpaired) electrons. The molecule has 1 aliphatic heterocycles. The van der Waals surface area contributed by atoms with Gasteiger partial charge >= 0.3 is 5.97 Å². The first-order valence-corrected chi connectivity index (χ1v) is 9.12. The number of nitrogens with zero attached hydrogens (tertiary/aromatic N) is 2. The van der Waals surface area contributed by atoms with Crippen LogP contribution in [0.4, 0.5) is 0 Å². The van der Waals surface area contributed by atoms with Gasteiger partial charge in [0.05, 0.1) is 7.11 Å². The molecule has 9 heteroatoms. The number of thiocarbonyl (C=S) groups is 1. The summed E-state index contributed by atoms with van der Waals surface area (Å²) in [5.74, 6) is -1.50. The van der Waals surface area contributed by atoms with Gasteiger partial charge in [-0.2, -0.15) is 0 Å². The van der Waals surface area contributed by atoms with E-state index in [9.17, 15) is 14.4 Å². The molecule has 28 heavy (non-hydrogen) atoms. The maximum absolute atomic E-state index is 12.7. The Labute approximate surface area is 168 Å². The second-order valence-corrected chi connectivity index (χ2v) is 6.31. The number of carboxylic acids is 1. The van der Waals surface area contributed by atoms with Crippen LogP contribution < -0.4 is 9.47 Å². The molecule has 150 valence electrons. The topological polar surface area (TPSA) is 96.4 Å². The highest BCUT2D eigenvalue weighted by atomic mass is 32.1. The van der Waals surface area contributed by atoms with Crippen molar-refractivity contribution < 1.29 is 29.0 Å². The normalized spacial score (nSPS) is 15.6. The predicted molar refractivity (Wildman–Crippen MR) is 106 cm³/mol. The van der Waals surface area contributed by atoms with Crippen LogP contribution in [0.2, 0.25) is 0 Å². The van der Waals surface area contributed by atoms with E-state index in [2.05, 4.69) is 0 Å². The highest BCUT2D eigenvalue weighted by molar-refractivity contribution is 7.80. The largest absolute Gasteiger partial charge is 0.493 e. The average molecular weight is 406 g/mol. The van der Waals surface area contributed by atoms with Crippen LogP contribution in [0.15, 0.2) is 23.8 Å². The third-order valence-electron chi connectivity index (χ3n) is 4.20. The van der Waals surface area contributed by atoms with Crippen LogP contribution >= 0.6 is 12.2 Å². The van der Waals surface area contributed by atoms with Crippen molar-refractivity contribution in [2.24, 2.45) is 0 Å². The second kappa shape index (κ2) is 8.83. The van der Waals surface area contributed by atoms with Gasteiger partial charge in [-0.15, -0.1) is 0 Å². The first-order valence-electron chi connectivity index (χ1n) is 8.71. The van der Waals surface area contributed by atoms with E-state index in [0.29, 0.717) is 18.7 Å². The predicted octanol–water partition coefficient (Wildman–Crippen LogP) is 1.93. The van der Waals surface area contributed by atoms with E-state index in [4.69, 9.17) is 26.8 Å². The minimum atomic E-state index is -1.11. The molecule has 8 nitrogen and oxygen atoms in total. The van der Waals surface area contributed by atoms with Crippen LogP contribution in [0.25, 0.3) is 6.08 Å². The molecular weight excluding hydrogens is 384 g/mol. The van der Waals surface area contributed by atoms with Gasteiger partial charge in [-0.1, -0.05) is 6.07 Å². The Hall–Kier alpha value is -2.94. The lowest BCUT2D eigenvalue weighted by molar-refractivity contribution is -0.144. The molecule has 2 amide bonds. The Kier molecular flexibility index (Phi) is 6.74. The summed E-state index contributed by atoms with van der Waals surface area (Å²) in [6, 6.07) is 4.71. The summed E-state index contributed by atoms with van der Waals surface area (Å²) in [6.07, 6.45) is 0.405. The number of rotatable bonds is 7. The summed E-state index contributed by atoms with van der Waals surface area (Å²) >= 11 is 5.23. The molecule has 1 aromatic carbocycles. The van der Waals surface area contributed by atoms with Crippen LogP contribution in [-0.2, 0) is 14.4 Å². The van der Waals surface area contributed by atoms with Gasteiger partial charge in [-0.05, 0) is 56.8 Å². The average Bonchev–Trinajstić information content (AvgIpc) is 2.66. The van der Waals surface area contributed by atoms with Gasteiger partial charge in [0.1, 0.15) is 5.57 Å². The molecule has 1 N–H and O–H groups in total. The van der Waals surface area contributed by atoms with E-state index in [-0.39, 0.29) is 22.2 Å². The van der Waals surface area contributed by atoms with Crippen molar-refractivity contribution in [3.05, 3.63) is 29.3 Å². The zero-order chi connectivity index (χ0) is 21.0. The number of carboxylic acid groups (broad SMARTS) is 1. The lowest BCUT2D eigenvalue weighted by atomic mass is 10.1. The van der Waals surface area contributed by atoms with Crippen LogP contribution in [0.5, 0.6) is 11.5 Å². The van der Waals surface area contributed by atoms with Crippen molar-refractivity contribution in [3.63, 3.8) is 0 Å². The van der Waals surface area contributed by atoms with Gasteiger partial charge in [-0.25, -0.2) is 4.79 Å². The molecule has 2 rings (SSSR count). The van der Waals surface area contributed by atoms with Gasteiger partial charge in [0.15, 0.2) is 22.7 Å². The Morgan fingerprint density at radius 1 is 1.18 bits per heavy atom. The first-order chi connectivity index (χ1) is 13.2. The molecular formula is C19H22N2O6S. The SMILES string of the molecule is CCN1C(=O)C(=Cc2ccc(O[C@@H](C)C(=O)O)c(OC)c2)C(=O)N(CC)C1=S. The molecule has 1 aromatic rings. The number of hydrogen-bond donors (Lipinski definition) is 1. The van der Waals surface area contributed by atoms with Crippen LogP contribution in [0.3, 0.4) is 0 Å². The van der Waals surface area contributed by atoms with Crippen molar-refractivity contribution in [2.45, 2.75) is 26.9 Å². The van der Waals surface area contributed by atoms with Crippen LogP contribution in [0.1, 0.15) is 26.3 Å². The molecule has 1 atom stereocenters. The highest BCUT2D eigenvalue weighted by Crippen LogP contribution is 2.30. The van der Waals surface area contributed by atoms with Crippen molar-refractivity contribution >= 4 is 41.2 Å². The van der Waals surface area contributed by atoms with Gasteiger partial charge in [0.25, 0.3) is 11.8 Å². The smallest absolute Gasteiger partial charge is 0.344 e. The monoisotopic (exact) mass is 406 g/mol. The number of likely N-dealkylation sites (N-methyl/N-ethyl adjacent to an activating group) is 2. The molecule has 1 fully saturated rings. The minimum Gasteiger partial charge on any atom is -0.493 e. The fourth-order valence-corrected chi connectivity index (χ4v) is 3.09. The van der Waals surface area contributed by atoms with Gasteiger partial charge in [0, 0.05) is 13.1 Å². The lowest BCUT2D eigenvalue weighted by Crippen LogP contribution is -2.55. The molecule has 0 aliphatic carbocycles. The third-order valence-corrected chi connectivity index (χ3v) is 4.64. The Morgan fingerprint density at radius 3 is 2.21 bits per heavy atom. The minimum absolute atomic E-state index is 0.00748. The number of carbonyl (C=O) groups is 3. The van der Waals surface area contributed by atoms with Crippen molar-refractivity contribution in [3.8, 4) is 11.5 Å². The molecule has 0 spiro atoms. The molecule has 0 aromatic heterocycles. The number of hydrogen-bond acceptors (Lipinski definition) is 6. The summed E-state index contributed by atoms with van der Waals surface area (Å²) in [5.41, 5.74) is 0.524. The number of amides is 2. The fourth-order valence-electron chi connectivity index (χ4n) is 2.66. The molecule has 1 saturated heterocycles. The van der Waals surface area contributed by atoms with Gasteiger partial charge in [-0.3, -0.25) is 19.4 Å². The molecule has 0 saturated carbocycles. The van der Waals surface area contributed by atoms with Crippen molar-refractivity contribution in [1.82, 2.24) is 9.80 Å². The maximum atomic E-state index is 12.7. The van der Waals surface area contributed by atoms with E-state index in [1.807, 2.05) is 0 Å². The van der Waals surface area contributed by atoms with Crippen molar-refractivity contribution in [1.29, 1.82) is 0 Å². The van der Waals surface area contributed by atoms with Crippen molar-refractivity contribution in [2.75, 3.05) is 20.2 Å². The standard InChI is InChI=1S/C19H22N2O6S/c1-5-20-16(22)13(17(23)21(6-2)19(20)28)9-12-7-8-14(15(10-12)26-4)27-11(3)18(24)25/h7-11H,5-6H2,1-4H3,(H,24,25)/t11-/m0/s1. The number of benzene rings is 1. The highest BCUT2D eigenvalue weighted by Gasteiger charge is 2.37.